The highest BCUT2D eigenvalue weighted by Gasteiger charge is 2.28. The second-order valence-electron chi connectivity index (χ2n) is 3.21. The van der Waals surface area contributed by atoms with Crippen LogP contribution in [0.2, 0.25) is 0 Å². The Hall–Kier alpha value is -1.74. The lowest BCUT2D eigenvalue weighted by Gasteiger charge is -2.29. The van der Waals surface area contributed by atoms with E-state index in [0.717, 1.165) is 12.8 Å². The lowest BCUT2D eigenvalue weighted by Crippen LogP contribution is -2.51. The van der Waals surface area contributed by atoms with Crippen LogP contribution < -0.4 is 5.43 Å². The molecule has 5 nitrogen and oxygen atoms in total. The van der Waals surface area contributed by atoms with Gasteiger partial charge >= 0.3 is 6.09 Å². The number of hydrogen-bond acceptors (Lipinski definition) is 3. The third-order valence-electron chi connectivity index (χ3n) is 2.21. The Balaban J connectivity index is 2.62. The van der Waals surface area contributed by atoms with E-state index in [1.165, 1.54) is 12.1 Å². The number of ether oxygens (including phenoxy) is 1. The summed E-state index contributed by atoms with van der Waals surface area (Å²) >= 11 is 0. The molecular formula is C10H14N2O3. The molecule has 1 saturated heterocycles. The first-order valence-electron chi connectivity index (χ1n) is 4.71. The van der Waals surface area contributed by atoms with E-state index in [1.54, 1.807) is 6.08 Å². The van der Waals surface area contributed by atoms with Gasteiger partial charge in [0.2, 0.25) is 5.91 Å². The van der Waals surface area contributed by atoms with Crippen molar-refractivity contribution in [3.63, 3.8) is 0 Å². The van der Waals surface area contributed by atoms with E-state index in [2.05, 4.69) is 22.5 Å². The van der Waals surface area contributed by atoms with Crippen molar-refractivity contribution < 1.29 is 14.3 Å². The zero-order valence-electron chi connectivity index (χ0n) is 8.66. The van der Waals surface area contributed by atoms with E-state index in [9.17, 15) is 9.59 Å². The average Bonchev–Trinajstić information content (AvgIpc) is 2.24. The number of piperidine rings is 1. The molecule has 2 amide bonds. The van der Waals surface area contributed by atoms with E-state index < -0.39 is 6.09 Å². The van der Waals surface area contributed by atoms with Crippen LogP contribution in [0.15, 0.2) is 18.4 Å². The number of carbonyl (C=O) groups excluding carboxylic acids is 2. The van der Waals surface area contributed by atoms with Crippen molar-refractivity contribution in [2.75, 3.05) is 13.7 Å². The summed E-state index contributed by atoms with van der Waals surface area (Å²) in [7, 11) is 1.25. The molecule has 1 N–H and O–H groups in total. The summed E-state index contributed by atoms with van der Waals surface area (Å²) in [6.07, 6.45) is 2.58. The van der Waals surface area contributed by atoms with Crippen LogP contribution in [0.4, 0.5) is 4.79 Å². The third-order valence-corrected chi connectivity index (χ3v) is 2.21. The molecule has 0 aliphatic carbocycles. The van der Waals surface area contributed by atoms with Gasteiger partial charge in [-0.15, -0.1) is 5.73 Å². The smallest absolute Gasteiger partial charge is 0.425 e. The number of methoxy groups -OCH3 is 1. The van der Waals surface area contributed by atoms with Crippen LogP contribution in [0, 0.1) is 5.92 Å². The van der Waals surface area contributed by atoms with Gasteiger partial charge in [0.15, 0.2) is 0 Å². The Morgan fingerprint density at radius 1 is 1.80 bits per heavy atom. The molecule has 1 aliphatic rings. The van der Waals surface area contributed by atoms with Gasteiger partial charge in [-0.2, -0.15) is 0 Å². The van der Waals surface area contributed by atoms with E-state index in [-0.39, 0.29) is 11.8 Å². The molecule has 0 spiro atoms. The second-order valence-corrected chi connectivity index (χ2v) is 3.21. The van der Waals surface area contributed by atoms with Crippen molar-refractivity contribution in [2.45, 2.75) is 12.8 Å². The summed E-state index contributed by atoms with van der Waals surface area (Å²) in [6, 6.07) is 0. The molecule has 1 rings (SSSR count). The molecule has 0 radical (unpaired) electrons. The van der Waals surface area contributed by atoms with Crippen molar-refractivity contribution in [3.05, 3.63) is 18.4 Å². The van der Waals surface area contributed by atoms with Gasteiger partial charge in [0.25, 0.3) is 0 Å². The maximum Gasteiger partial charge on any atom is 0.425 e. The summed E-state index contributed by atoms with van der Waals surface area (Å²) in [5.41, 5.74) is 4.95. The molecular weight excluding hydrogens is 196 g/mol. The third kappa shape index (κ3) is 2.86. The fraction of sp³-hybridized carbons (Fsp3) is 0.500. The number of rotatable bonds is 2. The van der Waals surface area contributed by atoms with Gasteiger partial charge in [0, 0.05) is 6.54 Å². The molecule has 5 heteroatoms. The number of hydrazine groups is 1. The predicted octanol–water partition coefficient (Wildman–Crippen LogP) is 0.837. The second kappa shape index (κ2) is 5.22. The lowest BCUT2D eigenvalue weighted by molar-refractivity contribution is -0.139. The summed E-state index contributed by atoms with van der Waals surface area (Å²) in [4.78, 5) is 22.6. The molecule has 0 saturated carbocycles. The maximum atomic E-state index is 11.7. The van der Waals surface area contributed by atoms with Gasteiger partial charge < -0.3 is 4.74 Å². The van der Waals surface area contributed by atoms with Gasteiger partial charge in [-0.1, -0.05) is 6.58 Å². The largest absolute Gasteiger partial charge is 0.452 e. The summed E-state index contributed by atoms with van der Waals surface area (Å²) in [5, 5.41) is 1.27. The van der Waals surface area contributed by atoms with Crippen LogP contribution in [-0.4, -0.2) is 30.7 Å². The molecule has 0 bridgehead atoms. The average molecular weight is 210 g/mol. The van der Waals surface area contributed by atoms with Crippen LogP contribution in [0.3, 0.4) is 0 Å². The number of amides is 2. The van der Waals surface area contributed by atoms with Crippen LogP contribution in [-0.2, 0) is 9.53 Å². The summed E-state index contributed by atoms with van der Waals surface area (Å²) in [5.74, 6) is -0.392. The lowest BCUT2D eigenvalue weighted by atomic mass is 9.98. The first-order valence-corrected chi connectivity index (χ1v) is 4.71. The molecule has 82 valence electrons. The van der Waals surface area contributed by atoms with E-state index in [0.29, 0.717) is 6.54 Å². The predicted molar refractivity (Wildman–Crippen MR) is 53.7 cm³/mol. The molecule has 1 heterocycles. The fourth-order valence-corrected chi connectivity index (χ4v) is 1.47. The minimum atomic E-state index is -0.633. The number of nitrogens with one attached hydrogen (secondary N) is 1. The quantitative estimate of drug-likeness (QED) is 0.687. The van der Waals surface area contributed by atoms with Crippen molar-refractivity contribution in [1.82, 2.24) is 10.4 Å². The van der Waals surface area contributed by atoms with Gasteiger partial charge in [-0.3, -0.25) is 9.80 Å². The van der Waals surface area contributed by atoms with Gasteiger partial charge in [-0.05, 0) is 18.9 Å². The summed E-state index contributed by atoms with van der Waals surface area (Å²) < 4.78 is 4.41. The number of nitrogens with zero attached hydrogens (tertiary/aromatic N) is 1. The zero-order valence-corrected chi connectivity index (χ0v) is 8.66. The van der Waals surface area contributed by atoms with E-state index >= 15 is 0 Å². The molecule has 1 aliphatic heterocycles. The standard InChI is InChI=1S/C10H14N2O3/c1-3-5-8-6-4-7-12(9(8)13)11-10(14)15-2/h5,8H,1,4,6-7H2,2H3,(H,11,14)/t8-/m0/s1. The van der Waals surface area contributed by atoms with Crippen LogP contribution >= 0.6 is 0 Å². The zero-order chi connectivity index (χ0) is 11.3. The number of hydrogen-bond donors (Lipinski definition) is 1. The highest BCUT2D eigenvalue weighted by molar-refractivity contribution is 5.83. The Morgan fingerprint density at radius 2 is 2.53 bits per heavy atom. The number of carbonyl (C=O) groups is 2. The summed E-state index contributed by atoms with van der Waals surface area (Å²) in [6.45, 7) is 3.94. The highest BCUT2D eigenvalue weighted by Crippen LogP contribution is 2.17. The van der Waals surface area contributed by atoms with E-state index in [1.807, 2.05) is 0 Å². The maximum absolute atomic E-state index is 11.7. The molecule has 0 unspecified atom stereocenters. The Kier molecular flexibility index (Phi) is 3.94. The van der Waals surface area contributed by atoms with Gasteiger partial charge in [0.1, 0.15) is 0 Å². The molecule has 1 fully saturated rings. The van der Waals surface area contributed by atoms with E-state index in [4.69, 9.17) is 0 Å². The monoisotopic (exact) mass is 210 g/mol. The minimum absolute atomic E-state index is 0.150. The molecule has 0 aromatic carbocycles. The van der Waals surface area contributed by atoms with Crippen LogP contribution in [0.25, 0.3) is 0 Å². The normalized spacial score (nSPS) is 20.5. The molecule has 0 aromatic rings. The van der Waals surface area contributed by atoms with Crippen molar-refractivity contribution >= 4 is 12.0 Å². The Bertz CT molecular complexity index is 308. The van der Waals surface area contributed by atoms with Crippen molar-refractivity contribution in [1.29, 1.82) is 0 Å². The minimum Gasteiger partial charge on any atom is -0.452 e. The highest BCUT2D eigenvalue weighted by atomic mass is 16.5. The first-order chi connectivity index (χ1) is 7.19. The SMILES string of the molecule is C=C=C[C@H]1CCCN(NC(=O)OC)C1=O. The van der Waals surface area contributed by atoms with Gasteiger partial charge in [-0.25, -0.2) is 10.2 Å². The van der Waals surface area contributed by atoms with Crippen LogP contribution in [0.1, 0.15) is 12.8 Å². The topological polar surface area (TPSA) is 58.6 Å². The van der Waals surface area contributed by atoms with Crippen molar-refractivity contribution in [3.8, 4) is 0 Å². The van der Waals surface area contributed by atoms with Gasteiger partial charge in [0.05, 0.1) is 13.0 Å². The van der Waals surface area contributed by atoms with Crippen molar-refractivity contribution in [2.24, 2.45) is 5.92 Å². The first kappa shape index (κ1) is 11.3. The molecule has 15 heavy (non-hydrogen) atoms. The van der Waals surface area contributed by atoms with Crippen LogP contribution in [0.5, 0.6) is 0 Å². The Morgan fingerprint density at radius 3 is 3.13 bits per heavy atom. The Labute approximate surface area is 88.4 Å². The molecule has 1 atom stereocenters. The molecule has 0 aromatic heterocycles. The fourth-order valence-electron chi connectivity index (χ4n) is 1.47.